The van der Waals surface area contributed by atoms with Crippen LogP contribution in [-0.4, -0.2) is 23.7 Å². The highest BCUT2D eigenvalue weighted by Crippen LogP contribution is 2.37. The lowest BCUT2D eigenvalue weighted by Crippen LogP contribution is -2.45. The highest BCUT2D eigenvalue weighted by atomic mass is 16.3. The first-order valence-corrected chi connectivity index (χ1v) is 6.79. The Hall–Kier alpha value is -0.570. The average Bonchev–Trinajstić information content (AvgIpc) is 2.61. The Morgan fingerprint density at radius 3 is 2.65 bits per heavy atom. The Morgan fingerprint density at radius 2 is 2.12 bits per heavy atom. The molecule has 0 radical (unpaired) electrons. The lowest BCUT2D eigenvalue weighted by atomic mass is 9.85. The summed E-state index contributed by atoms with van der Waals surface area (Å²) in [6, 6.07) is 0.152. The van der Waals surface area contributed by atoms with Crippen LogP contribution in [0.2, 0.25) is 0 Å². The number of rotatable bonds is 5. The van der Waals surface area contributed by atoms with Crippen LogP contribution in [0.5, 0.6) is 0 Å². The molecule has 0 bridgehead atoms. The van der Waals surface area contributed by atoms with E-state index in [1.54, 1.807) is 0 Å². The smallest absolute Gasteiger partial charge is 0.220 e. The topological polar surface area (TPSA) is 49.3 Å². The Labute approximate surface area is 105 Å². The Balaban J connectivity index is 2.46. The van der Waals surface area contributed by atoms with Gasteiger partial charge in [-0.25, -0.2) is 0 Å². The molecule has 2 N–H and O–H groups in total. The quantitative estimate of drug-likeness (QED) is 0.776. The van der Waals surface area contributed by atoms with Gasteiger partial charge in [-0.15, -0.1) is 0 Å². The molecule has 0 saturated heterocycles. The summed E-state index contributed by atoms with van der Waals surface area (Å²) < 4.78 is 0. The van der Waals surface area contributed by atoms with E-state index < -0.39 is 0 Å². The molecule has 0 spiro atoms. The minimum absolute atomic E-state index is 0.114. The van der Waals surface area contributed by atoms with Crippen LogP contribution in [0.15, 0.2) is 0 Å². The lowest BCUT2D eigenvalue weighted by molar-refractivity contribution is -0.123. The second-order valence-corrected chi connectivity index (χ2v) is 6.25. The summed E-state index contributed by atoms with van der Waals surface area (Å²) in [5.41, 5.74) is -0.114. The molecule has 3 atom stereocenters. The Morgan fingerprint density at radius 1 is 1.47 bits per heavy atom. The number of nitrogens with one attached hydrogen (secondary N) is 1. The molecule has 3 heteroatoms. The van der Waals surface area contributed by atoms with Crippen molar-refractivity contribution in [3.63, 3.8) is 0 Å². The van der Waals surface area contributed by atoms with Crippen molar-refractivity contribution in [1.82, 2.24) is 5.32 Å². The van der Waals surface area contributed by atoms with Crippen molar-refractivity contribution >= 4 is 5.91 Å². The Kier molecular flexibility index (Phi) is 4.99. The van der Waals surface area contributed by atoms with Crippen LogP contribution in [-0.2, 0) is 4.79 Å². The van der Waals surface area contributed by atoms with Crippen molar-refractivity contribution in [1.29, 1.82) is 0 Å². The highest BCUT2D eigenvalue weighted by Gasteiger charge is 2.39. The van der Waals surface area contributed by atoms with Gasteiger partial charge < -0.3 is 10.4 Å². The van der Waals surface area contributed by atoms with Crippen LogP contribution >= 0.6 is 0 Å². The molecule has 3 nitrogen and oxygen atoms in total. The van der Waals surface area contributed by atoms with Gasteiger partial charge in [0.2, 0.25) is 5.91 Å². The van der Waals surface area contributed by atoms with Crippen LogP contribution in [0.3, 0.4) is 0 Å². The predicted molar refractivity (Wildman–Crippen MR) is 69.6 cm³/mol. The molecular weight excluding hydrogens is 214 g/mol. The summed E-state index contributed by atoms with van der Waals surface area (Å²) in [5, 5.41) is 12.5. The first-order chi connectivity index (χ1) is 7.89. The van der Waals surface area contributed by atoms with E-state index in [0.717, 1.165) is 19.3 Å². The number of amides is 1. The monoisotopic (exact) mass is 241 g/mol. The normalized spacial score (nSPS) is 30.6. The molecule has 100 valence electrons. The zero-order valence-electron chi connectivity index (χ0n) is 11.6. The van der Waals surface area contributed by atoms with E-state index in [1.807, 2.05) is 0 Å². The van der Waals surface area contributed by atoms with Gasteiger partial charge in [0.15, 0.2) is 0 Å². The fourth-order valence-electron chi connectivity index (χ4n) is 2.45. The zero-order chi connectivity index (χ0) is 13.1. The first-order valence-electron chi connectivity index (χ1n) is 6.79. The molecule has 1 rings (SSSR count). The second kappa shape index (κ2) is 5.85. The van der Waals surface area contributed by atoms with Crippen LogP contribution in [0.1, 0.15) is 53.4 Å². The van der Waals surface area contributed by atoms with Gasteiger partial charge in [-0.1, -0.05) is 34.1 Å². The van der Waals surface area contributed by atoms with Crippen LogP contribution in [0.4, 0.5) is 0 Å². The SMILES string of the molecule is CC(C)C(C)CC(=O)NC1CCCC1(C)CO. The number of carbonyl (C=O) groups is 1. The van der Waals surface area contributed by atoms with Crippen molar-refractivity contribution in [3.05, 3.63) is 0 Å². The van der Waals surface area contributed by atoms with Crippen LogP contribution in [0, 0.1) is 17.3 Å². The molecule has 1 aliphatic carbocycles. The summed E-state index contributed by atoms with van der Waals surface area (Å²) in [4.78, 5) is 11.9. The first kappa shape index (κ1) is 14.5. The second-order valence-electron chi connectivity index (χ2n) is 6.25. The number of carbonyl (C=O) groups excluding carboxylic acids is 1. The fraction of sp³-hybridized carbons (Fsp3) is 0.929. The van der Waals surface area contributed by atoms with Gasteiger partial charge in [-0.05, 0) is 24.7 Å². The van der Waals surface area contributed by atoms with Crippen molar-refractivity contribution in [2.24, 2.45) is 17.3 Å². The Bertz CT molecular complexity index is 265. The average molecular weight is 241 g/mol. The molecule has 0 aliphatic heterocycles. The van der Waals surface area contributed by atoms with Gasteiger partial charge in [0, 0.05) is 17.9 Å². The minimum Gasteiger partial charge on any atom is -0.396 e. The molecule has 1 fully saturated rings. The summed E-state index contributed by atoms with van der Waals surface area (Å²) in [7, 11) is 0. The predicted octanol–water partition coefficient (Wildman–Crippen LogP) is 2.34. The summed E-state index contributed by atoms with van der Waals surface area (Å²) >= 11 is 0. The third-order valence-electron chi connectivity index (χ3n) is 4.42. The molecule has 0 aromatic carbocycles. The highest BCUT2D eigenvalue weighted by molar-refractivity contribution is 5.76. The zero-order valence-corrected chi connectivity index (χ0v) is 11.6. The largest absolute Gasteiger partial charge is 0.396 e. The summed E-state index contributed by atoms with van der Waals surface area (Å²) in [5.74, 6) is 1.09. The molecule has 3 unspecified atom stereocenters. The van der Waals surface area contributed by atoms with E-state index in [0.29, 0.717) is 18.3 Å². The van der Waals surface area contributed by atoms with Gasteiger partial charge in [0.1, 0.15) is 0 Å². The van der Waals surface area contributed by atoms with Crippen LogP contribution in [0.25, 0.3) is 0 Å². The van der Waals surface area contributed by atoms with E-state index in [2.05, 4.69) is 33.0 Å². The molecule has 1 aliphatic rings. The van der Waals surface area contributed by atoms with E-state index in [9.17, 15) is 9.90 Å². The van der Waals surface area contributed by atoms with E-state index in [4.69, 9.17) is 0 Å². The minimum atomic E-state index is -0.114. The number of aliphatic hydroxyl groups excluding tert-OH is 1. The van der Waals surface area contributed by atoms with Crippen molar-refractivity contribution < 1.29 is 9.90 Å². The lowest BCUT2D eigenvalue weighted by Gasteiger charge is -2.30. The molecule has 0 aromatic heterocycles. The number of hydrogen-bond donors (Lipinski definition) is 2. The van der Waals surface area contributed by atoms with E-state index >= 15 is 0 Å². The van der Waals surface area contributed by atoms with E-state index in [-0.39, 0.29) is 24.0 Å². The third-order valence-corrected chi connectivity index (χ3v) is 4.42. The van der Waals surface area contributed by atoms with Gasteiger partial charge in [0.05, 0.1) is 6.61 Å². The number of hydrogen-bond acceptors (Lipinski definition) is 2. The van der Waals surface area contributed by atoms with E-state index in [1.165, 1.54) is 0 Å². The van der Waals surface area contributed by atoms with Crippen molar-refractivity contribution in [2.75, 3.05) is 6.61 Å². The molecule has 17 heavy (non-hydrogen) atoms. The number of aliphatic hydroxyl groups is 1. The van der Waals surface area contributed by atoms with Gasteiger partial charge in [0.25, 0.3) is 0 Å². The third kappa shape index (κ3) is 3.70. The maximum Gasteiger partial charge on any atom is 0.220 e. The molecular formula is C14H27NO2. The van der Waals surface area contributed by atoms with Gasteiger partial charge in [-0.3, -0.25) is 4.79 Å². The molecule has 0 aromatic rings. The standard InChI is InChI=1S/C14H27NO2/c1-10(2)11(3)8-13(17)15-12-6-5-7-14(12,4)9-16/h10-12,16H,5-9H2,1-4H3,(H,15,17). The fourth-order valence-corrected chi connectivity index (χ4v) is 2.45. The van der Waals surface area contributed by atoms with Gasteiger partial charge >= 0.3 is 0 Å². The van der Waals surface area contributed by atoms with Crippen LogP contribution < -0.4 is 5.32 Å². The maximum atomic E-state index is 11.9. The summed E-state index contributed by atoms with van der Waals surface area (Å²) in [6.07, 6.45) is 3.70. The van der Waals surface area contributed by atoms with Gasteiger partial charge in [-0.2, -0.15) is 0 Å². The molecule has 1 saturated carbocycles. The molecule has 1 amide bonds. The summed E-state index contributed by atoms with van der Waals surface area (Å²) in [6.45, 7) is 8.63. The van der Waals surface area contributed by atoms with Crippen molar-refractivity contribution in [3.8, 4) is 0 Å². The maximum absolute atomic E-state index is 11.9. The molecule has 0 heterocycles. The van der Waals surface area contributed by atoms with Crippen molar-refractivity contribution in [2.45, 2.75) is 59.4 Å².